The van der Waals surface area contributed by atoms with Crippen molar-refractivity contribution >= 4 is 5.78 Å². The number of hydrogen-bond donors (Lipinski definition) is 1. The number of ether oxygens (including phenoxy) is 1. The zero-order valence-electron chi connectivity index (χ0n) is 18.6. The summed E-state index contributed by atoms with van der Waals surface area (Å²) in [5, 5.41) is 20.6. The third-order valence-corrected chi connectivity index (χ3v) is 5.68. The Morgan fingerprint density at radius 1 is 1.12 bits per heavy atom. The summed E-state index contributed by atoms with van der Waals surface area (Å²) in [5.41, 5.74) is 1.16. The Balaban J connectivity index is 2.06. The molecule has 3 aromatic rings. The molecule has 0 saturated heterocycles. The van der Waals surface area contributed by atoms with E-state index in [0.29, 0.717) is 5.75 Å². The number of Topliss-reactive ketones (excluding diaryl/α,β-unsaturated/α-hetero) is 1. The molecule has 3 rings (SSSR count). The molecule has 6 nitrogen and oxygen atoms in total. The van der Waals surface area contributed by atoms with E-state index in [4.69, 9.17) is 4.74 Å². The average molecular weight is 431 g/mol. The van der Waals surface area contributed by atoms with E-state index in [1.807, 2.05) is 55.5 Å². The van der Waals surface area contributed by atoms with Crippen LogP contribution in [0.5, 0.6) is 11.6 Å². The molecule has 0 aliphatic rings. The number of rotatable bonds is 7. The first-order valence-electron chi connectivity index (χ1n) is 10.5. The molecule has 0 bridgehead atoms. The molecule has 2 atom stereocenters. The zero-order valence-corrected chi connectivity index (χ0v) is 18.6. The molecule has 164 valence electrons. The lowest BCUT2D eigenvalue weighted by atomic mass is 9.98. The summed E-state index contributed by atoms with van der Waals surface area (Å²) in [6.07, 6.45) is -0.0449. The second-order valence-corrected chi connectivity index (χ2v) is 7.69. The molecule has 1 N–H and O–H groups in total. The summed E-state index contributed by atoms with van der Waals surface area (Å²) < 4.78 is 6.89. The molecule has 2 aromatic carbocycles. The molecular weight excluding hydrogens is 404 g/mol. The first-order chi connectivity index (χ1) is 15.3. The van der Waals surface area contributed by atoms with Crippen molar-refractivity contribution in [3.63, 3.8) is 0 Å². The molecule has 0 fully saturated rings. The fourth-order valence-electron chi connectivity index (χ4n) is 3.72. The van der Waals surface area contributed by atoms with Crippen LogP contribution in [0.4, 0.5) is 0 Å². The number of benzene rings is 2. The van der Waals surface area contributed by atoms with Gasteiger partial charge in [-0.1, -0.05) is 49.4 Å². The normalized spacial score (nSPS) is 12.6. The van der Waals surface area contributed by atoms with Crippen LogP contribution in [0.3, 0.4) is 0 Å². The lowest BCUT2D eigenvalue weighted by molar-refractivity contribution is 0.0812. The number of hydrogen-bond acceptors (Lipinski definition) is 5. The van der Waals surface area contributed by atoms with E-state index in [-0.39, 0.29) is 16.7 Å². The van der Waals surface area contributed by atoms with Crippen molar-refractivity contribution in [3.05, 3.63) is 92.8 Å². The lowest BCUT2D eigenvalue weighted by Crippen LogP contribution is -2.32. The van der Waals surface area contributed by atoms with Gasteiger partial charge >= 0.3 is 0 Å². The minimum atomic E-state index is -0.934. The molecule has 32 heavy (non-hydrogen) atoms. The van der Waals surface area contributed by atoms with Crippen LogP contribution in [-0.4, -0.2) is 21.6 Å². The second kappa shape index (κ2) is 9.52. The van der Waals surface area contributed by atoms with E-state index in [1.54, 1.807) is 26.0 Å². The van der Waals surface area contributed by atoms with Gasteiger partial charge in [0.05, 0.1) is 11.6 Å². The highest BCUT2D eigenvalue weighted by molar-refractivity contribution is 6.03. The maximum absolute atomic E-state index is 13.3. The number of aromatic nitrogens is 1. The van der Waals surface area contributed by atoms with Crippen LogP contribution in [0.1, 0.15) is 59.4 Å². The summed E-state index contributed by atoms with van der Waals surface area (Å²) in [5.74, 6) is -0.457. The Morgan fingerprint density at radius 2 is 1.75 bits per heavy atom. The summed E-state index contributed by atoms with van der Waals surface area (Å²) in [4.78, 5) is 26.3. The van der Waals surface area contributed by atoms with Gasteiger partial charge in [-0.3, -0.25) is 14.2 Å². The topological polar surface area (TPSA) is 92.3 Å². The lowest BCUT2D eigenvalue weighted by Gasteiger charge is -2.22. The van der Waals surface area contributed by atoms with Crippen molar-refractivity contribution < 1.29 is 14.6 Å². The SMILES string of the molecule is CCc1ccc(OC(C)C(=O)c2c(C)c(C#N)c(=O)n(C(C)c3ccccc3)c2O)cc1. The van der Waals surface area contributed by atoms with Gasteiger partial charge in [0.25, 0.3) is 5.56 Å². The van der Waals surface area contributed by atoms with Gasteiger partial charge in [0, 0.05) is 0 Å². The summed E-state index contributed by atoms with van der Waals surface area (Å²) in [6.45, 7) is 6.85. The monoisotopic (exact) mass is 430 g/mol. The fourth-order valence-corrected chi connectivity index (χ4v) is 3.72. The molecule has 2 unspecified atom stereocenters. The molecule has 0 aliphatic carbocycles. The molecule has 0 saturated carbocycles. The number of nitriles is 1. The predicted molar refractivity (Wildman–Crippen MR) is 122 cm³/mol. The standard InChI is InChI=1S/C26H26N2O4/c1-5-19-11-13-21(14-12-19)32-18(4)24(29)23-16(2)22(15-27)25(30)28(26(23)31)17(3)20-9-7-6-8-10-20/h6-14,17-18,31H,5H2,1-4H3. The first-order valence-corrected chi connectivity index (χ1v) is 10.5. The van der Waals surface area contributed by atoms with Gasteiger partial charge in [0.1, 0.15) is 17.4 Å². The fraction of sp³-hybridized carbons (Fsp3) is 0.269. The first kappa shape index (κ1) is 22.8. The van der Waals surface area contributed by atoms with Crippen LogP contribution < -0.4 is 10.3 Å². The number of aromatic hydroxyl groups is 1. The minimum absolute atomic E-state index is 0.0818. The quantitative estimate of drug-likeness (QED) is 0.555. The third-order valence-electron chi connectivity index (χ3n) is 5.68. The van der Waals surface area contributed by atoms with E-state index in [1.165, 1.54) is 6.92 Å². The van der Waals surface area contributed by atoms with Crippen LogP contribution in [0, 0.1) is 18.3 Å². The van der Waals surface area contributed by atoms with Gasteiger partial charge in [0.2, 0.25) is 11.7 Å². The van der Waals surface area contributed by atoms with Gasteiger partial charge in [-0.05, 0) is 56.0 Å². The molecule has 6 heteroatoms. The number of nitrogens with zero attached hydrogens (tertiary/aromatic N) is 2. The van der Waals surface area contributed by atoms with E-state index in [0.717, 1.165) is 22.1 Å². The summed E-state index contributed by atoms with van der Waals surface area (Å²) in [7, 11) is 0. The molecule has 0 spiro atoms. The number of carbonyl (C=O) groups excluding carboxylic acids is 1. The van der Waals surface area contributed by atoms with Gasteiger partial charge in [-0.15, -0.1) is 0 Å². The van der Waals surface area contributed by atoms with Crippen LogP contribution >= 0.6 is 0 Å². The summed E-state index contributed by atoms with van der Waals surface area (Å²) >= 11 is 0. The number of ketones is 1. The van der Waals surface area contributed by atoms with Crippen molar-refractivity contribution in [3.8, 4) is 17.7 Å². The van der Waals surface area contributed by atoms with Crippen LogP contribution in [0.2, 0.25) is 0 Å². The molecule has 1 aromatic heterocycles. The van der Waals surface area contributed by atoms with Crippen molar-refractivity contribution in [2.75, 3.05) is 0 Å². The Bertz CT molecular complexity index is 1220. The van der Waals surface area contributed by atoms with E-state index < -0.39 is 29.4 Å². The Labute approximate surface area is 187 Å². The zero-order chi connectivity index (χ0) is 23.4. The van der Waals surface area contributed by atoms with Crippen molar-refractivity contribution in [2.24, 2.45) is 0 Å². The molecule has 0 aliphatic heterocycles. The Morgan fingerprint density at radius 3 is 2.31 bits per heavy atom. The number of pyridine rings is 1. The van der Waals surface area contributed by atoms with E-state index in [2.05, 4.69) is 0 Å². The maximum atomic E-state index is 13.3. The number of aryl methyl sites for hydroxylation is 1. The largest absolute Gasteiger partial charge is 0.494 e. The van der Waals surface area contributed by atoms with Gasteiger partial charge in [0.15, 0.2) is 6.10 Å². The molecule has 1 heterocycles. The van der Waals surface area contributed by atoms with Crippen LogP contribution in [-0.2, 0) is 6.42 Å². The van der Waals surface area contributed by atoms with Crippen molar-refractivity contribution in [2.45, 2.75) is 46.3 Å². The smallest absolute Gasteiger partial charge is 0.272 e. The van der Waals surface area contributed by atoms with E-state index >= 15 is 0 Å². The number of carbonyl (C=O) groups is 1. The Kier molecular flexibility index (Phi) is 6.79. The third kappa shape index (κ3) is 4.28. The minimum Gasteiger partial charge on any atom is -0.494 e. The van der Waals surface area contributed by atoms with Crippen molar-refractivity contribution in [1.82, 2.24) is 4.57 Å². The van der Waals surface area contributed by atoms with Crippen molar-refractivity contribution in [1.29, 1.82) is 5.26 Å². The van der Waals surface area contributed by atoms with Gasteiger partial charge in [-0.25, -0.2) is 0 Å². The van der Waals surface area contributed by atoms with E-state index in [9.17, 15) is 20.0 Å². The second-order valence-electron chi connectivity index (χ2n) is 7.69. The Hall–Kier alpha value is -3.85. The molecule has 0 amide bonds. The highest BCUT2D eigenvalue weighted by Crippen LogP contribution is 2.29. The highest BCUT2D eigenvalue weighted by atomic mass is 16.5. The van der Waals surface area contributed by atoms with Crippen LogP contribution in [0.15, 0.2) is 59.4 Å². The maximum Gasteiger partial charge on any atom is 0.272 e. The summed E-state index contributed by atoms with van der Waals surface area (Å²) in [6, 6.07) is 17.8. The highest BCUT2D eigenvalue weighted by Gasteiger charge is 2.29. The average Bonchev–Trinajstić information content (AvgIpc) is 2.80. The molecular formula is C26H26N2O4. The predicted octanol–water partition coefficient (Wildman–Crippen LogP) is 4.56. The van der Waals surface area contributed by atoms with Gasteiger partial charge < -0.3 is 9.84 Å². The van der Waals surface area contributed by atoms with Crippen LogP contribution in [0.25, 0.3) is 0 Å². The molecule has 0 radical (unpaired) electrons. The van der Waals surface area contributed by atoms with Gasteiger partial charge in [-0.2, -0.15) is 5.26 Å².